The van der Waals surface area contributed by atoms with Gasteiger partial charge in [-0.05, 0) is 43.0 Å². The van der Waals surface area contributed by atoms with Crippen LogP contribution >= 0.6 is 23.4 Å². The molecule has 1 aromatic rings. The molecule has 0 aromatic heterocycles. The number of halogens is 1. The van der Waals surface area contributed by atoms with Gasteiger partial charge in [-0.1, -0.05) is 17.7 Å². The highest BCUT2D eigenvalue weighted by Crippen LogP contribution is 2.19. The maximum atomic E-state index is 5.91. The highest BCUT2D eigenvalue weighted by atomic mass is 35.5. The van der Waals surface area contributed by atoms with Gasteiger partial charge in [0, 0.05) is 17.3 Å². The molecule has 1 rings (SSSR count). The summed E-state index contributed by atoms with van der Waals surface area (Å²) in [5, 5.41) is 4.19. The van der Waals surface area contributed by atoms with Gasteiger partial charge < -0.3 is 5.32 Å². The predicted octanol–water partition coefficient (Wildman–Crippen LogP) is 3.81. The van der Waals surface area contributed by atoms with Crippen molar-refractivity contribution in [1.29, 1.82) is 0 Å². The minimum absolute atomic E-state index is 0.794. The van der Waals surface area contributed by atoms with E-state index in [0.717, 1.165) is 17.3 Å². The first-order valence-electron chi connectivity index (χ1n) is 4.73. The largest absolute Gasteiger partial charge is 0.385 e. The van der Waals surface area contributed by atoms with E-state index in [-0.39, 0.29) is 0 Å². The molecule has 3 heteroatoms. The molecule has 0 spiro atoms. The summed E-state index contributed by atoms with van der Waals surface area (Å²) in [6.07, 6.45) is 3.32. The third-order valence-electron chi connectivity index (χ3n) is 2.04. The summed E-state index contributed by atoms with van der Waals surface area (Å²) < 4.78 is 0. The van der Waals surface area contributed by atoms with Gasteiger partial charge in [-0.25, -0.2) is 0 Å². The van der Waals surface area contributed by atoms with Crippen LogP contribution < -0.4 is 5.32 Å². The summed E-state index contributed by atoms with van der Waals surface area (Å²) in [7, 11) is 0. The number of hydrogen-bond acceptors (Lipinski definition) is 2. The molecule has 0 saturated carbocycles. The van der Waals surface area contributed by atoms with Crippen LogP contribution in [0.15, 0.2) is 18.2 Å². The monoisotopic (exact) mass is 229 g/mol. The Bertz CT molecular complexity index is 289. The van der Waals surface area contributed by atoms with Crippen LogP contribution in [0.3, 0.4) is 0 Å². The van der Waals surface area contributed by atoms with Gasteiger partial charge in [0.15, 0.2) is 0 Å². The summed E-state index contributed by atoms with van der Waals surface area (Å²) in [6, 6.07) is 5.94. The van der Waals surface area contributed by atoms with Gasteiger partial charge in [0.25, 0.3) is 0 Å². The Hall–Kier alpha value is -0.340. The van der Waals surface area contributed by atoms with Gasteiger partial charge in [0.2, 0.25) is 0 Å². The van der Waals surface area contributed by atoms with Crippen LogP contribution in [-0.2, 0) is 0 Å². The Kier molecular flexibility index (Phi) is 5.20. The van der Waals surface area contributed by atoms with Gasteiger partial charge in [-0.3, -0.25) is 0 Å². The van der Waals surface area contributed by atoms with Crippen molar-refractivity contribution in [3.8, 4) is 0 Å². The van der Waals surface area contributed by atoms with E-state index in [0.29, 0.717) is 0 Å². The zero-order valence-corrected chi connectivity index (χ0v) is 10.2. The number of nitrogens with one attached hydrogen (secondary N) is 1. The summed E-state index contributed by atoms with van der Waals surface area (Å²) in [5.74, 6) is 1.20. The fraction of sp³-hybridized carbons (Fsp3) is 0.455. The van der Waals surface area contributed by atoms with E-state index in [4.69, 9.17) is 11.6 Å². The van der Waals surface area contributed by atoms with E-state index in [1.807, 2.05) is 30.0 Å². The smallest absolute Gasteiger partial charge is 0.0426 e. The Morgan fingerprint density at radius 1 is 1.43 bits per heavy atom. The number of rotatable bonds is 5. The predicted molar refractivity (Wildman–Crippen MR) is 67.7 cm³/mol. The Morgan fingerprint density at radius 3 is 2.93 bits per heavy atom. The van der Waals surface area contributed by atoms with Crippen molar-refractivity contribution in [2.75, 3.05) is 23.9 Å². The molecule has 0 bridgehead atoms. The third-order valence-corrected chi connectivity index (χ3v) is 2.97. The second-order valence-corrected chi connectivity index (χ2v) is 4.65. The molecular weight excluding hydrogens is 214 g/mol. The number of thioether (sulfide) groups is 1. The van der Waals surface area contributed by atoms with Crippen LogP contribution in [0, 0.1) is 6.92 Å². The van der Waals surface area contributed by atoms with Crippen LogP contribution in [0.2, 0.25) is 5.02 Å². The molecule has 0 aliphatic rings. The molecule has 1 aromatic carbocycles. The van der Waals surface area contributed by atoms with Crippen molar-refractivity contribution in [3.05, 3.63) is 28.8 Å². The molecule has 0 aliphatic carbocycles. The number of anilines is 1. The molecule has 0 atom stereocenters. The first-order valence-corrected chi connectivity index (χ1v) is 6.50. The zero-order valence-electron chi connectivity index (χ0n) is 8.64. The van der Waals surface area contributed by atoms with Crippen LogP contribution in [0.5, 0.6) is 0 Å². The lowest BCUT2D eigenvalue weighted by molar-refractivity contribution is 0.991. The molecule has 0 saturated heterocycles. The Labute approximate surface area is 95.2 Å². The molecule has 0 radical (unpaired) electrons. The van der Waals surface area contributed by atoms with Crippen LogP contribution in [0.25, 0.3) is 0 Å². The molecule has 1 nitrogen and oxygen atoms in total. The summed E-state index contributed by atoms with van der Waals surface area (Å²) >= 11 is 7.79. The Morgan fingerprint density at radius 2 is 2.21 bits per heavy atom. The first-order chi connectivity index (χ1) is 6.74. The summed E-state index contributed by atoms with van der Waals surface area (Å²) in [4.78, 5) is 0. The maximum Gasteiger partial charge on any atom is 0.0426 e. The number of aryl methyl sites for hydroxylation is 1. The van der Waals surface area contributed by atoms with Crippen LogP contribution in [0.4, 0.5) is 5.69 Å². The van der Waals surface area contributed by atoms with Gasteiger partial charge >= 0.3 is 0 Å². The molecule has 0 unspecified atom stereocenters. The lowest BCUT2D eigenvalue weighted by Crippen LogP contribution is -2.03. The fourth-order valence-electron chi connectivity index (χ4n) is 1.22. The highest BCUT2D eigenvalue weighted by molar-refractivity contribution is 7.98. The topological polar surface area (TPSA) is 12.0 Å². The summed E-state index contributed by atoms with van der Waals surface area (Å²) in [5.41, 5.74) is 2.40. The zero-order chi connectivity index (χ0) is 10.4. The van der Waals surface area contributed by atoms with Gasteiger partial charge in [0.1, 0.15) is 0 Å². The lowest BCUT2D eigenvalue weighted by atomic mass is 10.2. The third kappa shape index (κ3) is 3.81. The molecule has 0 amide bonds. The molecule has 1 N–H and O–H groups in total. The van der Waals surface area contributed by atoms with Gasteiger partial charge in [-0.15, -0.1) is 0 Å². The fourth-order valence-corrected chi connectivity index (χ4v) is 1.83. The van der Waals surface area contributed by atoms with E-state index in [1.54, 1.807) is 0 Å². The van der Waals surface area contributed by atoms with Crippen molar-refractivity contribution in [2.45, 2.75) is 13.3 Å². The Balaban J connectivity index is 2.45. The lowest BCUT2D eigenvalue weighted by Gasteiger charge is -2.09. The van der Waals surface area contributed by atoms with Crippen molar-refractivity contribution in [3.63, 3.8) is 0 Å². The van der Waals surface area contributed by atoms with E-state index < -0.39 is 0 Å². The van der Waals surface area contributed by atoms with Crippen molar-refractivity contribution >= 4 is 29.1 Å². The standard InChI is InChI=1S/C11H16ClNS/c1-9-4-5-10(12)8-11(9)13-6-3-7-14-2/h4-5,8,13H,3,6-7H2,1-2H3. The molecule has 78 valence electrons. The molecule has 0 aliphatic heterocycles. The minimum Gasteiger partial charge on any atom is -0.385 e. The molecular formula is C11H16ClNS. The first kappa shape index (κ1) is 11.7. The minimum atomic E-state index is 0.794. The van der Waals surface area contributed by atoms with Crippen LogP contribution in [0.1, 0.15) is 12.0 Å². The summed E-state index contributed by atoms with van der Waals surface area (Å²) in [6.45, 7) is 3.11. The normalized spacial score (nSPS) is 10.2. The maximum absolute atomic E-state index is 5.91. The van der Waals surface area contributed by atoms with E-state index in [2.05, 4.69) is 18.5 Å². The number of hydrogen-bond donors (Lipinski definition) is 1. The van der Waals surface area contributed by atoms with Crippen molar-refractivity contribution < 1.29 is 0 Å². The average Bonchev–Trinajstić information content (AvgIpc) is 2.18. The van der Waals surface area contributed by atoms with E-state index >= 15 is 0 Å². The van der Waals surface area contributed by atoms with Crippen molar-refractivity contribution in [2.24, 2.45) is 0 Å². The van der Waals surface area contributed by atoms with E-state index in [9.17, 15) is 0 Å². The van der Waals surface area contributed by atoms with Crippen molar-refractivity contribution in [1.82, 2.24) is 0 Å². The molecule has 14 heavy (non-hydrogen) atoms. The van der Waals surface area contributed by atoms with E-state index in [1.165, 1.54) is 17.7 Å². The SMILES string of the molecule is CSCCCNc1cc(Cl)ccc1C. The van der Waals surface area contributed by atoms with Crippen LogP contribution in [-0.4, -0.2) is 18.6 Å². The van der Waals surface area contributed by atoms with Gasteiger partial charge in [-0.2, -0.15) is 11.8 Å². The molecule has 0 heterocycles. The molecule has 0 fully saturated rings. The second-order valence-electron chi connectivity index (χ2n) is 3.23. The second kappa shape index (κ2) is 6.20. The van der Waals surface area contributed by atoms with Gasteiger partial charge in [0.05, 0.1) is 0 Å². The number of benzene rings is 1. The average molecular weight is 230 g/mol. The quantitative estimate of drug-likeness (QED) is 0.771. The highest BCUT2D eigenvalue weighted by Gasteiger charge is 1.97.